The predicted octanol–water partition coefficient (Wildman–Crippen LogP) is 3.85. The van der Waals surface area contributed by atoms with Gasteiger partial charge in [-0.15, -0.1) is 12.4 Å². The normalized spacial score (nSPS) is 17.0. The molecule has 0 saturated heterocycles. The van der Waals surface area contributed by atoms with E-state index in [0.717, 1.165) is 45.4 Å². The molecule has 2 aliphatic heterocycles. The highest BCUT2D eigenvalue weighted by molar-refractivity contribution is 9.10. The number of nitrogens with one attached hydrogen (secondary N) is 1. The first-order valence-electron chi connectivity index (χ1n) is 6.43. The maximum absolute atomic E-state index is 12.4. The van der Waals surface area contributed by atoms with Gasteiger partial charge in [-0.05, 0) is 49.4 Å². The van der Waals surface area contributed by atoms with Gasteiger partial charge in [-0.2, -0.15) is 0 Å². The van der Waals surface area contributed by atoms with Crippen LogP contribution >= 0.6 is 40.1 Å². The summed E-state index contributed by atoms with van der Waals surface area (Å²) in [5.41, 5.74) is 1.80. The Kier molecular flexibility index (Phi) is 5.35. The number of benzene rings is 1. The van der Waals surface area contributed by atoms with Crippen molar-refractivity contribution in [3.05, 3.63) is 39.3 Å². The molecule has 3 rings (SSSR count). The minimum absolute atomic E-state index is 0. The van der Waals surface area contributed by atoms with E-state index in [2.05, 4.69) is 31.1 Å². The number of carbonyl (C=O) groups excluding carboxylic acids is 1. The van der Waals surface area contributed by atoms with Gasteiger partial charge in [-0.3, -0.25) is 9.79 Å². The van der Waals surface area contributed by atoms with Gasteiger partial charge in [-0.1, -0.05) is 15.9 Å². The van der Waals surface area contributed by atoms with Crippen LogP contribution in [0.1, 0.15) is 13.3 Å². The lowest BCUT2D eigenvalue weighted by Crippen LogP contribution is -2.28. The maximum atomic E-state index is 12.4. The Labute approximate surface area is 142 Å². The van der Waals surface area contributed by atoms with E-state index in [0.29, 0.717) is 0 Å². The fourth-order valence-corrected chi connectivity index (χ4v) is 3.55. The number of amides is 1. The molecule has 0 fully saturated rings. The Bertz CT molecular complexity index is 615. The molecular formula is C14H15BrClN3OS. The number of nitrogens with zero attached hydrogens (tertiary/aromatic N) is 2. The number of halogens is 2. The summed E-state index contributed by atoms with van der Waals surface area (Å²) in [6.45, 7) is 3.79. The number of thioether (sulfide) groups is 1. The number of hydrogen-bond donors (Lipinski definition) is 1. The molecule has 0 aliphatic carbocycles. The average molecular weight is 389 g/mol. The molecule has 1 aromatic carbocycles. The SMILES string of the molecule is CC1=C(C(=O)Nc2ccc(Br)cc2)SC2=NCCCN21.Cl. The largest absolute Gasteiger partial charge is 0.324 e. The summed E-state index contributed by atoms with van der Waals surface area (Å²) < 4.78 is 0.993. The van der Waals surface area contributed by atoms with E-state index in [9.17, 15) is 4.79 Å². The average Bonchev–Trinajstić information content (AvgIpc) is 2.79. The summed E-state index contributed by atoms with van der Waals surface area (Å²) in [5, 5.41) is 3.88. The fourth-order valence-electron chi connectivity index (χ4n) is 2.20. The number of rotatable bonds is 2. The van der Waals surface area contributed by atoms with E-state index in [1.165, 1.54) is 11.8 Å². The Hall–Kier alpha value is -0.980. The van der Waals surface area contributed by atoms with Crippen LogP contribution in [0.3, 0.4) is 0 Å². The second kappa shape index (κ2) is 6.85. The summed E-state index contributed by atoms with van der Waals surface area (Å²) in [7, 11) is 0. The van der Waals surface area contributed by atoms with Crippen molar-refractivity contribution in [3.63, 3.8) is 0 Å². The lowest BCUT2D eigenvalue weighted by molar-refractivity contribution is -0.112. The Morgan fingerprint density at radius 1 is 1.38 bits per heavy atom. The van der Waals surface area contributed by atoms with Gasteiger partial charge in [-0.25, -0.2) is 0 Å². The van der Waals surface area contributed by atoms with Crippen LogP contribution < -0.4 is 5.32 Å². The molecule has 0 radical (unpaired) electrons. The van der Waals surface area contributed by atoms with Crippen LogP contribution in [0, 0.1) is 0 Å². The molecule has 21 heavy (non-hydrogen) atoms. The van der Waals surface area contributed by atoms with Crippen LogP contribution in [0.2, 0.25) is 0 Å². The zero-order valence-corrected chi connectivity index (χ0v) is 14.6. The first kappa shape index (κ1) is 16.4. The molecule has 2 heterocycles. The number of allylic oxidation sites excluding steroid dienone is 1. The van der Waals surface area contributed by atoms with Crippen molar-refractivity contribution in [1.82, 2.24) is 4.90 Å². The van der Waals surface area contributed by atoms with E-state index >= 15 is 0 Å². The molecule has 2 aliphatic rings. The first-order valence-corrected chi connectivity index (χ1v) is 8.04. The van der Waals surface area contributed by atoms with E-state index in [1.54, 1.807) is 0 Å². The molecule has 0 spiro atoms. The monoisotopic (exact) mass is 387 g/mol. The van der Waals surface area contributed by atoms with Gasteiger partial charge in [0.1, 0.15) is 0 Å². The summed E-state index contributed by atoms with van der Waals surface area (Å²) >= 11 is 4.85. The Morgan fingerprint density at radius 3 is 2.76 bits per heavy atom. The number of aliphatic imine (C=N–C) groups is 1. The fraction of sp³-hybridized carbons (Fsp3) is 0.286. The van der Waals surface area contributed by atoms with E-state index < -0.39 is 0 Å². The molecule has 0 bridgehead atoms. The highest BCUT2D eigenvalue weighted by atomic mass is 79.9. The van der Waals surface area contributed by atoms with Gasteiger partial charge in [0, 0.05) is 28.9 Å². The lowest BCUT2D eigenvalue weighted by Gasteiger charge is -2.23. The highest BCUT2D eigenvalue weighted by Crippen LogP contribution is 2.36. The second-order valence-corrected chi connectivity index (χ2v) is 6.54. The molecule has 1 aromatic rings. The molecule has 4 nitrogen and oxygen atoms in total. The second-order valence-electron chi connectivity index (χ2n) is 4.65. The third-order valence-electron chi connectivity index (χ3n) is 3.25. The van der Waals surface area contributed by atoms with Crippen LogP contribution in [0.4, 0.5) is 5.69 Å². The molecular weight excluding hydrogens is 374 g/mol. The lowest BCUT2D eigenvalue weighted by atomic mass is 10.3. The molecule has 0 unspecified atom stereocenters. The molecule has 1 N–H and O–H groups in total. The summed E-state index contributed by atoms with van der Waals surface area (Å²) in [5.74, 6) is -0.0630. The number of fused-ring (bicyclic) bond motifs is 1. The van der Waals surface area contributed by atoms with Crippen molar-refractivity contribution in [2.75, 3.05) is 18.4 Å². The molecule has 1 amide bonds. The standard InChI is InChI=1S/C14H14BrN3OS.ClH/c1-9-12(20-14-16-7-2-8-18(9)14)13(19)17-11-5-3-10(15)4-6-11;/h3-6H,2,7-8H2,1H3,(H,17,19);1H. The molecule has 112 valence electrons. The van der Waals surface area contributed by atoms with Gasteiger partial charge in [0.05, 0.1) is 4.91 Å². The summed E-state index contributed by atoms with van der Waals surface area (Å²) in [4.78, 5) is 19.7. The predicted molar refractivity (Wildman–Crippen MR) is 93.9 cm³/mol. The number of anilines is 1. The van der Waals surface area contributed by atoms with Crippen LogP contribution in [0.5, 0.6) is 0 Å². The third kappa shape index (κ3) is 3.44. The smallest absolute Gasteiger partial charge is 0.264 e. The number of carbonyl (C=O) groups is 1. The van der Waals surface area contributed by atoms with Crippen molar-refractivity contribution in [3.8, 4) is 0 Å². The molecule has 0 atom stereocenters. The molecule has 7 heteroatoms. The van der Waals surface area contributed by atoms with Crippen LogP contribution in [0.15, 0.2) is 44.3 Å². The van der Waals surface area contributed by atoms with Crippen molar-refractivity contribution < 1.29 is 4.79 Å². The highest BCUT2D eigenvalue weighted by Gasteiger charge is 2.31. The quantitative estimate of drug-likeness (QED) is 0.837. The minimum atomic E-state index is -0.0630. The van der Waals surface area contributed by atoms with Crippen molar-refractivity contribution in [2.45, 2.75) is 13.3 Å². The third-order valence-corrected chi connectivity index (χ3v) is 5.00. The maximum Gasteiger partial charge on any atom is 0.264 e. The number of hydrogen-bond acceptors (Lipinski definition) is 4. The molecule has 0 saturated carbocycles. The van der Waals surface area contributed by atoms with E-state index in [1.807, 2.05) is 31.2 Å². The molecule has 0 aromatic heterocycles. The Balaban J connectivity index is 0.00000161. The van der Waals surface area contributed by atoms with Crippen molar-refractivity contribution in [1.29, 1.82) is 0 Å². The summed E-state index contributed by atoms with van der Waals surface area (Å²) in [6, 6.07) is 7.57. The van der Waals surface area contributed by atoms with Crippen molar-refractivity contribution >= 4 is 56.9 Å². The van der Waals surface area contributed by atoms with Gasteiger partial charge in [0.15, 0.2) is 5.17 Å². The van der Waals surface area contributed by atoms with Gasteiger partial charge in [0.25, 0.3) is 5.91 Å². The van der Waals surface area contributed by atoms with E-state index in [4.69, 9.17) is 0 Å². The zero-order valence-electron chi connectivity index (χ0n) is 11.4. The summed E-state index contributed by atoms with van der Waals surface area (Å²) in [6.07, 6.45) is 1.04. The van der Waals surface area contributed by atoms with Gasteiger partial charge in [0.2, 0.25) is 0 Å². The van der Waals surface area contributed by atoms with Gasteiger partial charge < -0.3 is 10.2 Å². The Morgan fingerprint density at radius 2 is 2.10 bits per heavy atom. The topological polar surface area (TPSA) is 44.7 Å². The first-order chi connectivity index (χ1) is 9.65. The minimum Gasteiger partial charge on any atom is -0.324 e. The number of amidine groups is 1. The van der Waals surface area contributed by atoms with Gasteiger partial charge >= 0.3 is 0 Å². The van der Waals surface area contributed by atoms with E-state index in [-0.39, 0.29) is 18.3 Å². The van der Waals surface area contributed by atoms with Crippen LogP contribution in [-0.2, 0) is 4.79 Å². The van der Waals surface area contributed by atoms with Crippen LogP contribution in [0.25, 0.3) is 0 Å². The van der Waals surface area contributed by atoms with Crippen LogP contribution in [-0.4, -0.2) is 29.1 Å². The van der Waals surface area contributed by atoms with Crippen molar-refractivity contribution in [2.24, 2.45) is 4.99 Å². The zero-order chi connectivity index (χ0) is 14.1.